The highest BCUT2D eigenvalue weighted by Gasteiger charge is 2.08. The Morgan fingerprint density at radius 3 is 2.46 bits per heavy atom. The third-order valence-electron chi connectivity index (χ3n) is 3.53. The summed E-state index contributed by atoms with van der Waals surface area (Å²) in [4.78, 5) is 23.3. The molecule has 0 bridgehead atoms. The summed E-state index contributed by atoms with van der Waals surface area (Å²) in [7, 11) is 1.87. The predicted octanol–water partition coefficient (Wildman–Crippen LogP) is 3.06. The van der Waals surface area contributed by atoms with E-state index in [0.29, 0.717) is 11.3 Å². The number of hydrogen-bond donors (Lipinski definition) is 1. The van der Waals surface area contributed by atoms with Crippen LogP contribution >= 0.6 is 11.8 Å². The van der Waals surface area contributed by atoms with Crippen LogP contribution in [0.1, 0.15) is 5.56 Å². The fourth-order valence-corrected chi connectivity index (χ4v) is 2.96. The molecule has 3 aromatic rings. The van der Waals surface area contributed by atoms with Crippen molar-refractivity contribution in [3.05, 3.63) is 70.5 Å². The van der Waals surface area contributed by atoms with Gasteiger partial charge in [-0.15, -0.1) is 10.2 Å². The Hall–Kier alpha value is -3.20. The van der Waals surface area contributed by atoms with Crippen molar-refractivity contribution in [1.82, 2.24) is 14.8 Å². The number of hydrogen-bond acceptors (Lipinski definition) is 6. The molecule has 26 heavy (non-hydrogen) atoms. The van der Waals surface area contributed by atoms with Gasteiger partial charge in [-0.05, 0) is 41.6 Å². The first-order chi connectivity index (χ1) is 12.5. The number of anilines is 1. The first-order valence-electron chi connectivity index (χ1n) is 7.66. The van der Waals surface area contributed by atoms with Crippen molar-refractivity contribution in [3.63, 3.8) is 0 Å². The number of nitrogens with one attached hydrogen (secondary N) is 1. The second kappa shape index (κ2) is 7.79. The van der Waals surface area contributed by atoms with Crippen LogP contribution in [-0.2, 0) is 18.3 Å². The summed E-state index contributed by atoms with van der Waals surface area (Å²) in [6.07, 6.45) is 1.78. The number of nitrogens with zero attached hydrogens (tertiary/aromatic N) is 4. The SMILES string of the molecule is Cn1cnnc1Sc1ccc(NC(=O)Cc2ccc([N+](=O)[O-])cc2)cc1. The monoisotopic (exact) mass is 369 g/mol. The van der Waals surface area contributed by atoms with Crippen LogP contribution in [0.5, 0.6) is 0 Å². The molecule has 1 N–H and O–H groups in total. The van der Waals surface area contributed by atoms with Crippen LogP contribution in [0.2, 0.25) is 0 Å². The fourth-order valence-electron chi connectivity index (χ4n) is 2.20. The first-order valence-corrected chi connectivity index (χ1v) is 8.48. The molecule has 3 rings (SSSR count). The molecule has 8 nitrogen and oxygen atoms in total. The van der Waals surface area contributed by atoms with Crippen LogP contribution in [0.25, 0.3) is 0 Å². The summed E-state index contributed by atoms with van der Waals surface area (Å²) in [5, 5.41) is 22.1. The van der Waals surface area contributed by atoms with Crippen molar-refractivity contribution in [2.45, 2.75) is 16.5 Å². The van der Waals surface area contributed by atoms with Crippen LogP contribution in [0.3, 0.4) is 0 Å². The van der Waals surface area contributed by atoms with E-state index in [9.17, 15) is 14.9 Å². The van der Waals surface area contributed by atoms with Gasteiger partial charge in [0.15, 0.2) is 5.16 Å². The Labute approximate surface area is 153 Å². The molecule has 0 fully saturated rings. The largest absolute Gasteiger partial charge is 0.326 e. The molecular formula is C17H15N5O3S. The third-order valence-corrected chi connectivity index (χ3v) is 4.59. The molecule has 9 heteroatoms. The van der Waals surface area contributed by atoms with E-state index in [1.807, 2.05) is 35.9 Å². The molecular weight excluding hydrogens is 354 g/mol. The van der Waals surface area contributed by atoms with Crippen molar-refractivity contribution in [1.29, 1.82) is 0 Å². The zero-order valence-electron chi connectivity index (χ0n) is 13.8. The van der Waals surface area contributed by atoms with Crippen molar-refractivity contribution in [3.8, 4) is 0 Å². The maximum absolute atomic E-state index is 12.1. The summed E-state index contributed by atoms with van der Waals surface area (Å²) in [5.74, 6) is -0.187. The molecule has 0 aliphatic rings. The molecule has 0 saturated heterocycles. The lowest BCUT2D eigenvalue weighted by molar-refractivity contribution is -0.384. The highest BCUT2D eigenvalue weighted by Crippen LogP contribution is 2.26. The van der Waals surface area contributed by atoms with E-state index in [0.717, 1.165) is 10.1 Å². The number of carbonyl (C=O) groups excluding carboxylic acids is 1. The van der Waals surface area contributed by atoms with Gasteiger partial charge in [-0.25, -0.2) is 0 Å². The first kappa shape index (κ1) is 17.6. The minimum atomic E-state index is -0.468. The Morgan fingerprint density at radius 1 is 1.19 bits per heavy atom. The summed E-state index contributed by atoms with van der Waals surface area (Å²) in [6, 6.07) is 13.3. The molecule has 0 spiro atoms. The molecule has 0 aliphatic carbocycles. The molecule has 0 aliphatic heterocycles. The predicted molar refractivity (Wildman–Crippen MR) is 97.0 cm³/mol. The maximum atomic E-state index is 12.1. The van der Waals surface area contributed by atoms with Crippen LogP contribution in [-0.4, -0.2) is 25.6 Å². The highest BCUT2D eigenvalue weighted by molar-refractivity contribution is 7.99. The minimum Gasteiger partial charge on any atom is -0.326 e. The van der Waals surface area contributed by atoms with Gasteiger partial charge < -0.3 is 9.88 Å². The minimum absolute atomic E-state index is 0.00478. The summed E-state index contributed by atoms with van der Waals surface area (Å²) in [5.41, 5.74) is 1.40. The van der Waals surface area contributed by atoms with Crippen LogP contribution in [0.15, 0.2) is 64.9 Å². The lowest BCUT2D eigenvalue weighted by Gasteiger charge is -2.06. The average Bonchev–Trinajstić information content (AvgIpc) is 3.02. The molecule has 1 heterocycles. The van der Waals surface area contributed by atoms with Crippen molar-refractivity contribution < 1.29 is 9.72 Å². The van der Waals surface area contributed by atoms with Gasteiger partial charge in [0.2, 0.25) is 5.91 Å². The van der Waals surface area contributed by atoms with Gasteiger partial charge in [-0.2, -0.15) is 0 Å². The summed E-state index contributed by atoms with van der Waals surface area (Å²) >= 11 is 1.48. The Morgan fingerprint density at radius 2 is 1.88 bits per heavy atom. The lowest BCUT2D eigenvalue weighted by Crippen LogP contribution is -2.14. The van der Waals surface area contributed by atoms with Gasteiger partial charge in [0.1, 0.15) is 6.33 Å². The number of amides is 1. The zero-order chi connectivity index (χ0) is 18.5. The topological polar surface area (TPSA) is 103 Å². The molecule has 2 aromatic carbocycles. The van der Waals surface area contributed by atoms with E-state index in [4.69, 9.17) is 0 Å². The number of aromatic nitrogens is 3. The standard InChI is InChI=1S/C17H15N5O3S/c1-21-11-18-20-17(21)26-15-8-4-13(5-9-15)19-16(23)10-12-2-6-14(7-3-12)22(24)25/h2-9,11H,10H2,1H3,(H,19,23). The smallest absolute Gasteiger partial charge is 0.269 e. The number of rotatable bonds is 6. The third kappa shape index (κ3) is 4.45. The highest BCUT2D eigenvalue weighted by atomic mass is 32.2. The van der Waals surface area contributed by atoms with E-state index in [1.165, 1.54) is 23.9 Å². The molecule has 0 atom stereocenters. The Balaban J connectivity index is 1.57. The number of nitro benzene ring substituents is 1. The van der Waals surface area contributed by atoms with E-state index in [2.05, 4.69) is 15.5 Å². The van der Waals surface area contributed by atoms with Crippen LogP contribution < -0.4 is 5.32 Å². The van der Waals surface area contributed by atoms with E-state index < -0.39 is 4.92 Å². The van der Waals surface area contributed by atoms with Gasteiger partial charge in [0.05, 0.1) is 11.3 Å². The number of benzene rings is 2. The molecule has 0 radical (unpaired) electrons. The molecule has 1 amide bonds. The Bertz CT molecular complexity index is 922. The molecule has 0 saturated carbocycles. The molecule has 132 valence electrons. The number of carbonyl (C=O) groups is 1. The Kier molecular flexibility index (Phi) is 5.28. The van der Waals surface area contributed by atoms with E-state index >= 15 is 0 Å². The zero-order valence-corrected chi connectivity index (χ0v) is 14.6. The van der Waals surface area contributed by atoms with E-state index in [1.54, 1.807) is 18.5 Å². The van der Waals surface area contributed by atoms with E-state index in [-0.39, 0.29) is 18.0 Å². The van der Waals surface area contributed by atoms with Gasteiger partial charge in [0, 0.05) is 29.8 Å². The molecule has 0 unspecified atom stereocenters. The van der Waals surface area contributed by atoms with Crippen molar-refractivity contribution >= 4 is 29.0 Å². The molecule has 1 aromatic heterocycles. The number of non-ortho nitro benzene ring substituents is 1. The second-order valence-corrected chi connectivity index (χ2v) is 6.54. The van der Waals surface area contributed by atoms with Crippen LogP contribution in [0, 0.1) is 10.1 Å². The summed E-state index contributed by atoms with van der Waals surface area (Å²) < 4.78 is 1.82. The average molecular weight is 369 g/mol. The normalized spacial score (nSPS) is 10.5. The quantitative estimate of drug-likeness (QED) is 0.529. The summed E-state index contributed by atoms with van der Waals surface area (Å²) in [6.45, 7) is 0. The second-order valence-electron chi connectivity index (χ2n) is 5.50. The number of nitro groups is 1. The van der Waals surface area contributed by atoms with Crippen LogP contribution in [0.4, 0.5) is 11.4 Å². The number of aryl methyl sites for hydroxylation is 1. The van der Waals surface area contributed by atoms with Gasteiger partial charge in [-0.3, -0.25) is 14.9 Å². The fraction of sp³-hybridized carbons (Fsp3) is 0.118. The maximum Gasteiger partial charge on any atom is 0.269 e. The lowest BCUT2D eigenvalue weighted by atomic mass is 10.1. The van der Waals surface area contributed by atoms with Crippen molar-refractivity contribution in [2.75, 3.05) is 5.32 Å². The van der Waals surface area contributed by atoms with Gasteiger partial charge >= 0.3 is 0 Å². The van der Waals surface area contributed by atoms with Crippen molar-refractivity contribution in [2.24, 2.45) is 7.05 Å². The van der Waals surface area contributed by atoms with Gasteiger partial charge in [-0.1, -0.05) is 12.1 Å². The van der Waals surface area contributed by atoms with Gasteiger partial charge in [0.25, 0.3) is 5.69 Å².